The number of carbonyl (C=O) groups is 3. The lowest BCUT2D eigenvalue weighted by atomic mass is 9.96. The van der Waals surface area contributed by atoms with Crippen LogP contribution in [0.25, 0.3) is 0 Å². The van der Waals surface area contributed by atoms with Crippen molar-refractivity contribution in [3.8, 4) is 0 Å². The van der Waals surface area contributed by atoms with E-state index < -0.39 is 5.97 Å². The molecule has 0 unspecified atom stereocenters. The van der Waals surface area contributed by atoms with Crippen LogP contribution in [-0.2, 0) is 9.53 Å². The summed E-state index contributed by atoms with van der Waals surface area (Å²) in [4.78, 5) is 41.1. The van der Waals surface area contributed by atoms with Crippen LogP contribution in [0, 0.1) is 20.2 Å². The maximum absolute atomic E-state index is 13.3. The zero-order valence-corrected chi connectivity index (χ0v) is 23.9. The number of carboxylic acids is 1. The van der Waals surface area contributed by atoms with Gasteiger partial charge in [0.1, 0.15) is 0 Å². The molecule has 0 aliphatic carbocycles. The number of aliphatic carboxylic acids is 1. The molecule has 0 atom stereocenters. The van der Waals surface area contributed by atoms with Gasteiger partial charge in [-0.25, -0.2) is 0 Å². The molecule has 0 aromatic heterocycles. The number of halogens is 4. The number of likely N-dealkylation sites (tertiary alicyclic amines) is 1. The molecule has 0 radical (unpaired) electrons. The number of benzene rings is 1. The molecule has 1 aromatic rings. The lowest BCUT2D eigenvalue weighted by molar-refractivity contribution is -0.143. The molecule has 29 heavy (non-hydrogen) atoms. The average molecular weight is 850 g/mol. The minimum absolute atomic E-state index is 0.0285. The second-order valence-electron chi connectivity index (χ2n) is 6.82. The highest BCUT2D eigenvalue weighted by molar-refractivity contribution is 14.1. The molecule has 2 fully saturated rings. The van der Waals surface area contributed by atoms with Gasteiger partial charge >= 0.3 is 5.97 Å². The molecule has 1 N–H and O–H groups in total. The van der Waals surface area contributed by atoms with E-state index in [2.05, 4.69) is 90.4 Å². The monoisotopic (exact) mass is 850 g/mol. The molecule has 158 valence electrons. The van der Waals surface area contributed by atoms with Crippen LogP contribution < -0.4 is 0 Å². The van der Waals surface area contributed by atoms with Crippen LogP contribution in [0.2, 0.25) is 0 Å². The number of morpholine rings is 1. The molecule has 3 rings (SSSR count). The van der Waals surface area contributed by atoms with E-state index in [1.165, 1.54) is 0 Å². The van der Waals surface area contributed by atoms with Crippen molar-refractivity contribution in [1.29, 1.82) is 0 Å². The maximum atomic E-state index is 13.3. The largest absolute Gasteiger partial charge is 0.481 e. The van der Waals surface area contributed by atoms with E-state index in [4.69, 9.17) is 4.74 Å². The molecule has 2 amide bonds. The summed E-state index contributed by atoms with van der Waals surface area (Å²) in [6.07, 6.45) is 0.937. The standard InChI is InChI=1S/C18H18I4N2O5/c19-12-10(16(25)23-3-1-9(2-4-23)18(27)28)13(20)15(22)11(14(12)21)17(26)24-5-7-29-8-6-24/h9H,1-8H2,(H,27,28). The van der Waals surface area contributed by atoms with Gasteiger partial charge in [-0.05, 0) is 103 Å². The van der Waals surface area contributed by atoms with Gasteiger partial charge in [0.25, 0.3) is 11.8 Å². The lowest BCUT2D eigenvalue weighted by Crippen LogP contribution is -2.42. The third kappa shape index (κ3) is 5.13. The summed E-state index contributed by atoms with van der Waals surface area (Å²) >= 11 is 8.62. The first-order chi connectivity index (χ1) is 13.7. The normalized spacial score (nSPS) is 18.1. The van der Waals surface area contributed by atoms with E-state index in [9.17, 15) is 19.5 Å². The molecule has 2 aliphatic rings. The van der Waals surface area contributed by atoms with Crippen molar-refractivity contribution >= 4 is 108 Å². The highest BCUT2D eigenvalue weighted by atomic mass is 127. The summed E-state index contributed by atoms with van der Waals surface area (Å²) in [5.74, 6) is -1.30. The van der Waals surface area contributed by atoms with Crippen LogP contribution in [0.3, 0.4) is 0 Å². The molecule has 0 saturated carbocycles. The quantitative estimate of drug-likeness (QED) is 0.372. The fraction of sp³-hybridized carbons (Fsp3) is 0.500. The number of nitrogens with zero attached hydrogens (tertiary/aromatic N) is 2. The SMILES string of the molecule is O=C(O)C1CCN(C(=O)c2c(I)c(I)c(C(=O)N3CCOCC3)c(I)c2I)CC1. The average Bonchev–Trinajstić information content (AvgIpc) is 2.73. The zero-order chi connectivity index (χ0) is 21.3. The third-order valence-electron chi connectivity index (χ3n) is 5.12. The Balaban J connectivity index is 1.90. The molecular formula is C18H18I4N2O5. The van der Waals surface area contributed by atoms with Gasteiger partial charge in [-0.2, -0.15) is 0 Å². The van der Waals surface area contributed by atoms with E-state index in [-0.39, 0.29) is 17.7 Å². The van der Waals surface area contributed by atoms with Gasteiger partial charge in [-0.1, -0.05) is 0 Å². The number of ether oxygens (including phenoxy) is 1. The number of hydrogen-bond acceptors (Lipinski definition) is 4. The number of carbonyl (C=O) groups excluding carboxylic acids is 2. The van der Waals surface area contributed by atoms with E-state index in [0.29, 0.717) is 63.4 Å². The Labute approximate surface area is 223 Å². The minimum atomic E-state index is -0.795. The molecule has 2 aliphatic heterocycles. The highest BCUT2D eigenvalue weighted by Crippen LogP contribution is 2.35. The highest BCUT2D eigenvalue weighted by Gasteiger charge is 2.33. The summed E-state index contributed by atoms with van der Waals surface area (Å²) in [7, 11) is 0. The Morgan fingerprint density at radius 3 is 1.52 bits per heavy atom. The van der Waals surface area contributed by atoms with Crippen molar-refractivity contribution in [1.82, 2.24) is 9.80 Å². The van der Waals surface area contributed by atoms with Crippen LogP contribution in [0.5, 0.6) is 0 Å². The Hall–Kier alpha value is 0.510. The van der Waals surface area contributed by atoms with Crippen LogP contribution in [0.1, 0.15) is 33.6 Å². The van der Waals surface area contributed by atoms with Crippen LogP contribution in [-0.4, -0.2) is 72.1 Å². The van der Waals surface area contributed by atoms with Crippen LogP contribution in [0.4, 0.5) is 0 Å². The molecule has 11 heteroatoms. The fourth-order valence-corrected chi connectivity index (χ4v) is 7.53. The lowest BCUT2D eigenvalue weighted by Gasteiger charge is -2.31. The summed E-state index contributed by atoms with van der Waals surface area (Å²) in [5, 5.41) is 9.18. The molecule has 7 nitrogen and oxygen atoms in total. The smallest absolute Gasteiger partial charge is 0.306 e. The van der Waals surface area contributed by atoms with Gasteiger partial charge in [0.2, 0.25) is 0 Å². The Kier molecular flexibility index (Phi) is 8.68. The van der Waals surface area contributed by atoms with Crippen molar-refractivity contribution in [3.63, 3.8) is 0 Å². The fourth-order valence-electron chi connectivity index (χ4n) is 3.42. The van der Waals surface area contributed by atoms with E-state index >= 15 is 0 Å². The number of rotatable bonds is 3. The molecule has 0 bridgehead atoms. The van der Waals surface area contributed by atoms with Gasteiger partial charge in [0.05, 0.1) is 30.3 Å². The zero-order valence-electron chi connectivity index (χ0n) is 15.2. The van der Waals surface area contributed by atoms with Gasteiger partial charge in [0.15, 0.2) is 0 Å². The number of amides is 2. The van der Waals surface area contributed by atoms with Crippen molar-refractivity contribution in [3.05, 3.63) is 25.4 Å². The van der Waals surface area contributed by atoms with Gasteiger partial charge in [-0.3, -0.25) is 14.4 Å². The van der Waals surface area contributed by atoms with Gasteiger partial charge in [0, 0.05) is 40.5 Å². The van der Waals surface area contributed by atoms with Crippen molar-refractivity contribution in [2.75, 3.05) is 39.4 Å². The first-order valence-corrected chi connectivity index (χ1v) is 13.3. The van der Waals surface area contributed by atoms with Crippen molar-refractivity contribution in [2.45, 2.75) is 12.8 Å². The van der Waals surface area contributed by atoms with E-state index in [1.807, 2.05) is 0 Å². The van der Waals surface area contributed by atoms with Crippen LogP contribution in [0.15, 0.2) is 0 Å². The summed E-state index contributed by atoms with van der Waals surface area (Å²) < 4.78 is 8.46. The summed E-state index contributed by atoms with van der Waals surface area (Å²) in [6, 6.07) is 0. The predicted octanol–water partition coefficient (Wildman–Crippen LogP) is 3.51. The van der Waals surface area contributed by atoms with E-state index in [0.717, 1.165) is 14.3 Å². The molecular weight excluding hydrogens is 832 g/mol. The number of piperidine rings is 1. The predicted molar refractivity (Wildman–Crippen MR) is 140 cm³/mol. The second kappa shape index (κ2) is 10.4. The van der Waals surface area contributed by atoms with Gasteiger partial charge in [-0.15, -0.1) is 0 Å². The molecule has 2 saturated heterocycles. The number of hydrogen-bond donors (Lipinski definition) is 1. The topological polar surface area (TPSA) is 87.2 Å². The minimum Gasteiger partial charge on any atom is -0.481 e. The molecule has 1 aromatic carbocycles. The first kappa shape index (κ1) is 24.2. The molecule has 2 heterocycles. The Morgan fingerprint density at radius 1 is 0.759 bits per heavy atom. The summed E-state index contributed by atoms with van der Waals surface area (Å²) in [6.45, 7) is 3.08. The number of carboxylic acid groups (broad SMARTS) is 1. The van der Waals surface area contributed by atoms with Crippen molar-refractivity contribution in [2.24, 2.45) is 5.92 Å². The van der Waals surface area contributed by atoms with Gasteiger partial charge < -0.3 is 19.6 Å². The third-order valence-corrected chi connectivity index (χ3v) is 11.5. The second-order valence-corrected chi connectivity index (χ2v) is 11.1. The Morgan fingerprint density at radius 2 is 1.14 bits per heavy atom. The molecule has 0 spiro atoms. The van der Waals surface area contributed by atoms with Crippen molar-refractivity contribution < 1.29 is 24.2 Å². The summed E-state index contributed by atoms with van der Waals surface area (Å²) in [5.41, 5.74) is 1.25. The first-order valence-electron chi connectivity index (χ1n) is 8.99. The van der Waals surface area contributed by atoms with Crippen LogP contribution >= 0.6 is 90.4 Å². The Bertz CT molecular complexity index is 820. The maximum Gasteiger partial charge on any atom is 0.306 e. The van der Waals surface area contributed by atoms with E-state index in [1.54, 1.807) is 9.80 Å².